The zero-order valence-electron chi connectivity index (χ0n) is 15.2. The summed E-state index contributed by atoms with van der Waals surface area (Å²) in [6.07, 6.45) is -11.5. The average molecular weight is 468 g/mol. The van der Waals surface area contributed by atoms with E-state index in [0.717, 1.165) is 0 Å². The summed E-state index contributed by atoms with van der Waals surface area (Å²) in [5.74, 6) is -11.9. The van der Waals surface area contributed by atoms with E-state index >= 15 is 0 Å². The lowest BCUT2D eigenvalue weighted by Gasteiger charge is -2.33. The lowest BCUT2D eigenvalue weighted by atomic mass is 9.68. The standard InChI is InChI=1S/C18H10F6O8/c19-17(20,21)9-3-6(12(25)26)1-2-7(9)8-5-16(14(29)30,15(31)32)11(13(27)28)4-10(8)18(22,23)24/h1-5,11H,(H,25,26)(H,27,28)(H,29,30)(H,31,32). The van der Waals surface area contributed by atoms with Gasteiger partial charge in [0, 0.05) is 0 Å². The van der Waals surface area contributed by atoms with Crippen LogP contribution in [0.25, 0.3) is 5.57 Å². The molecule has 0 bridgehead atoms. The molecule has 2 rings (SSSR count). The molecule has 1 unspecified atom stereocenters. The van der Waals surface area contributed by atoms with Gasteiger partial charge in [0.15, 0.2) is 5.41 Å². The van der Waals surface area contributed by atoms with Crippen LogP contribution in [0.2, 0.25) is 0 Å². The van der Waals surface area contributed by atoms with Crippen LogP contribution in [0.4, 0.5) is 26.3 Å². The van der Waals surface area contributed by atoms with Crippen LogP contribution in [0.3, 0.4) is 0 Å². The molecule has 1 aliphatic carbocycles. The van der Waals surface area contributed by atoms with Crippen LogP contribution in [0.5, 0.6) is 0 Å². The van der Waals surface area contributed by atoms with E-state index in [0.29, 0.717) is 12.1 Å². The number of benzene rings is 1. The average Bonchev–Trinajstić information content (AvgIpc) is 2.64. The largest absolute Gasteiger partial charge is 0.481 e. The maximum atomic E-state index is 13.6. The third kappa shape index (κ3) is 4.02. The van der Waals surface area contributed by atoms with Gasteiger partial charge in [-0.05, 0) is 29.3 Å². The van der Waals surface area contributed by atoms with Crippen molar-refractivity contribution in [1.82, 2.24) is 0 Å². The molecule has 0 fully saturated rings. The molecule has 172 valence electrons. The molecule has 0 saturated carbocycles. The molecule has 1 aromatic rings. The zero-order valence-corrected chi connectivity index (χ0v) is 15.2. The van der Waals surface area contributed by atoms with Crippen LogP contribution in [0.1, 0.15) is 21.5 Å². The van der Waals surface area contributed by atoms with Gasteiger partial charge >= 0.3 is 36.2 Å². The molecule has 32 heavy (non-hydrogen) atoms. The number of aromatic carboxylic acids is 1. The Labute approximate surface area is 172 Å². The quantitative estimate of drug-likeness (QED) is 0.380. The highest BCUT2D eigenvalue weighted by Crippen LogP contribution is 2.49. The van der Waals surface area contributed by atoms with E-state index in [1.807, 2.05) is 0 Å². The molecule has 0 saturated heterocycles. The molecule has 1 aliphatic rings. The van der Waals surface area contributed by atoms with Gasteiger partial charge in [0.2, 0.25) is 0 Å². The maximum Gasteiger partial charge on any atom is 0.417 e. The van der Waals surface area contributed by atoms with Crippen LogP contribution >= 0.6 is 0 Å². The van der Waals surface area contributed by atoms with Crippen molar-refractivity contribution in [2.75, 3.05) is 0 Å². The van der Waals surface area contributed by atoms with Gasteiger partial charge in [-0.15, -0.1) is 0 Å². The number of hydrogen-bond acceptors (Lipinski definition) is 4. The van der Waals surface area contributed by atoms with Gasteiger partial charge in [-0.3, -0.25) is 14.4 Å². The molecule has 0 amide bonds. The van der Waals surface area contributed by atoms with E-state index in [2.05, 4.69) is 0 Å². The molecule has 1 aromatic carbocycles. The molecule has 0 aromatic heterocycles. The van der Waals surface area contributed by atoms with E-state index < -0.39 is 75.4 Å². The molecule has 4 N–H and O–H groups in total. The first kappa shape index (κ1) is 24.4. The Hall–Kier alpha value is -3.84. The minimum absolute atomic E-state index is 0.0149. The highest BCUT2D eigenvalue weighted by atomic mass is 19.4. The first-order valence-corrected chi connectivity index (χ1v) is 8.11. The lowest BCUT2D eigenvalue weighted by Crippen LogP contribution is -2.49. The van der Waals surface area contributed by atoms with Crippen molar-refractivity contribution in [3.05, 3.63) is 52.6 Å². The van der Waals surface area contributed by atoms with Gasteiger partial charge in [0.1, 0.15) is 5.92 Å². The molecular weight excluding hydrogens is 458 g/mol. The van der Waals surface area contributed by atoms with Crippen molar-refractivity contribution in [2.45, 2.75) is 12.4 Å². The normalized spacial score (nSPS) is 18.4. The molecule has 0 aliphatic heterocycles. The molecule has 0 spiro atoms. The molecule has 1 atom stereocenters. The molecule has 0 radical (unpaired) electrons. The van der Waals surface area contributed by atoms with E-state index in [-0.39, 0.29) is 18.2 Å². The summed E-state index contributed by atoms with van der Waals surface area (Å²) in [5.41, 5.74) is -11.5. The van der Waals surface area contributed by atoms with Crippen LogP contribution in [-0.4, -0.2) is 50.5 Å². The van der Waals surface area contributed by atoms with Gasteiger partial charge in [-0.2, -0.15) is 26.3 Å². The van der Waals surface area contributed by atoms with E-state index in [1.54, 1.807) is 0 Å². The molecule has 8 nitrogen and oxygen atoms in total. The second-order valence-electron chi connectivity index (χ2n) is 6.49. The van der Waals surface area contributed by atoms with E-state index in [9.17, 15) is 60.8 Å². The van der Waals surface area contributed by atoms with Crippen molar-refractivity contribution in [3.63, 3.8) is 0 Å². The second kappa shape index (κ2) is 7.69. The minimum atomic E-state index is -5.53. The Morgan fingerprint density at radius 2 is 1.38 bits per heavy atom. The van der Waals surface area contributed by atoms with Crippen LogP contribution < -0.4 is 0 Å². The highest BCUT2D eigenvalue weighted by molar-refractivity contribution is 6.08. The summed E-state index contributed by atoms with van der Waals surface area (Å²) in [7, 11) is 0. The predicted octanol–water partition coefficient (Wildman–Crippen LogP) is 3.15. The van der Waals surface area contributed by atoms with Gasteiger partial charge in [-0.1, -0.05) is 12.1 Å². The Morgan fingerprint density at radius 1 is 0.844 bits per heavy atom. The van der Waals surface area contributed by atoms with Crippen LogP contribution in [0.15, 0.2) is 35.9 Å². The van der Waals surface area contributed by atoms with Crippen molar-refractivity contribution in [2.24, 2.45) is 11.3 Å². The summed E-state index contributed by atoms with van der Waals surface area (Å²) < 4.78 is 81.5. The Balaban J connectivity index is 3.04. The number of carboxylic acids is 4. The fraction of sp³-hybridized carbons (Fsp3) is 0.222. The number of allylic oxidation sites excluding steroid dienone is 2. The Bertz CT molecular complexity index is 1070. The van der Waals surface area contributed by atoms with E-state index in [4.69, 9.17) is 5.11 Å². The summed E-state index contributed by atoms with van der Waals surface area (Å²) in [4.78, 5) is 45.8. The van der Waals surface area contributed by atoms with E-state index in [1.165, 1.54) is 0 Å². The monoisotopic (exact) mass is 468 g/mol. The van der Waals surface area contributed by atoms with Crippen molar-refractivity contribution < 1.29 is 65.9 Å². The fourth-order valence-corrected chi connectivity index (χ4v) is 3.15. The number of carboxylic acid groups (broad SMARTS) is 4. The SMILES string of the molecule is O=C(O)c1ccc(C2=CC(C(=O)O)(C(=O)O)C(C(=O)O)C=C2C(F)(F)F)c(C(F)(F)F)c1. The lowest BCUT2D eigenvalue weighted by molar-refractivity contribution is -0.169. The van der Waals surface area contributed by atoms with Crippen LogP contribution in [0, 0.1) is 11.3 Å². The predicted molar refractivity (Wildman–Crippen MR) is 89.3 cm³/mol. The first-order valence-electron chi connectivity index (χ1n) is 8.11. The topological polar surface area (TPSA) is 149 Å². The van der Waals surface area contributed by atoms with Crippen molar-refractivity contribution >= 4 is 29.5 Å². The number of rotatable bonds is 5. The smallest absolute Gasteiger partial charge is 0.417 e. The van der Waals surface area contributed by atoms with Gasteiger partial charge in [0.05, 0.1) is 16.7 Å². The third-order valence-corrected chi connectivity index (χ3v) is 4.63. The summed E-state index contributed by atoms with van der Waals surface area (Å²) in [5, 5.41) is 36.8. The highest BCUT2D eigenvalue weighted by Gasteiger charge is 2.58. The Kier molecular flexibility index (Phi) is 5.87. The van der Waals surface area contributed by atoms with Gasteiger partial charge in [-0.25, -0.2) is 4.79 Å². The number of hydrogen-bond donors (Lipinski definition) is 4. The second-order valence-corrected chi connectivity index (χ2v) is 6.49. The first-order chi connectivity index (χ1) is 14.4. The fourth-order valence-electron chi connectivity index (χ4n) is 3.15. The maximum absolute atomic E-state index is 13.6. The number of halogens is 6. The Morgan fingerprint density at radius 3 is 1.75 bits per heavy atom. The van der Waals surface area contributed by atoms with Gasteiger partial charge < -0.3 is 20.4 Å². The summed E-state index contributed by atoms with van der Waals surface area (Å²) in [6.45, 7) is 0. The number of alkyl halides is 6. The molecule has 0 heterocycles. The molecular formula is C18H10F6O8. The summed E-state index contributed by atoms with van der Waals surface area (Å²) in [6, 6.07) is 0.778. The van der Waals surface area contributed by atoms with Crippen molar-refractivity contribution in [1.29, 1.82) is 0 Å². The molecule has 14 heteroatoms. The number of carbonyl (C=O) groups is 4. The van der Waals surface area contributed by atoms with Gasteiger partial charge in [0.25, 0.3) is 0 Å². The third-order valence-electron chi connectivity index (χ3n) is 4.63. The zero-order chi connectivity index (χ0) is 24.8. The number of aliphatic carboxylic acids is 3. The minimum Gasteiger partial charge on any atom is -0.481 e. The van der Waals surface area contributed by atoms with Crippen molar-refractivity contribution in [3.8, 4) is 0 Å². The van der Waals surface area contributed by atoms with Crippen LogP contribution in [-0.2, 0) is 20.6 Å². The summed E-state index contributed by atoms with van der Waals surface area (Å²) >= 11 is 0.